The van der Waals surface area contributed by atoms with E-state index in [0.717, 1.165) is 18.2 Å². The molecule has 0 amide bonds. The van der Waals surface area contributed by atoms with Gasteiger partial charge in [-0.2, -0.15) is 0 Å². The molecule has 0 aliphatic carbocycles. The minimum absolute atomic E-state index is 0.0853. The fourth-order valence-electron chi connectivity index (χ4n) is 3.80. The Kier molecular flexibility index (Phi) is 7.11. The number of nitrogens with zero attached hydrogens (tertiary/aromatic N) is 3. The van der Waals surface area contributed by atoms with Crippen molar-refractivity contribution < 1.29 is 29.2 Å². The second kappa shape index (κ2) is 10.6. The smallest absolute Gasteiger partial charge is 0.270 e. The molecule has 0 spiro atoms. The average molecular weight is 525 g/mol. The minimum Gasteiger partial charge on any atom is -0.289 e. The maximum atomic E-state index is 13.3. The lowest BCUT2D eigenvalue weighted by Crippen LogP contribution is -2.11. The summed E-state index contributed by atoms with van der Waals surface area (Å²) in [5, 5.41) is 33.5. The van der Waals surface area contributed by atoms with E-state index >= 15 is 0 Å². The molecular weight excluding hydrogens is 510 g/mol. The van der Waals surface area contributed by atoms with Gasteiger partial charge in [-0.1, -0.05) is 36.4 Å². The van der Waals surface area contributed by atoms with Crippen LogP contribution >= 0.6 is 0 Å². The number of hydrogen-bond acceptors (Lipinski definition) is 9. The monoisotopic (exact) mass is 525 g/mol. The van der Waals surface area contributed by atoms with Crippen LogP contribution in [0.4, 0.5) is 17.1 Å². The van der Waals surface area contributed by atoms with Crippen LogP contribution in [0.5, 0.6) is 0 Å². The van der Waals surface area contributed by atoms with Gasteiger partial charge in [-0.05, 0) is 18.2 Å². The van der Waals surface area contributed by atoms with E-state index in [0.29, 0.717) is 0 Å². The van der Waals surface area contributed by atoms with Crippen LogP contribution in [0.15, 0.2) is 91.0 Å². The van der Waals surface area contributed by atoms with E-state index in [1.807, 2.05) is 0 Å². The highest BCUT2D eigenvalue weighted by Gasteiger charge is 2.22. The molecule has 0 heterocycles. The zero-order valence-corrected chi connectivity index (χ0v) is 19.7. The lowest BCUT2D eigenvalue weighted by atomic mass is 9.92. The van der Waals surface area contributed by atoms with Crippen molar-refractivity contribution in [3.05, 3.63) is 155 Å². The number of ketones is 3. The number of carbonyl (C=O) groups excluding carboxylic acids is 3. The fraction of sp³-hybridized carbons (Fsp3) is 0. The molecular formula is C27H15N3O9. The fourth-order valence-corrected chi connectivity index (χ4v) is 3.80. The van der Waals surface area contributed by atoms with E-state index < -0.39 is 32.1 Å². The van der Waals surface area contributed by atoms with Crippen LogP contribution in [0.2, 0.25) is 0 Å². The minimum atomic E-state index is -0.736. The molecule has 0 aliphatic heterocycles. The Balaban J connectivity index is 1.86. The van der Waals surface area contributed by atoms with Crippen LogP contribution in [-0.2, 0) is 0 Å². The zero-order valence-electron chi connectivity index (χ0n) is 19.7. The summed E-state index contributed by atoms with van der Waals surface area (Å²) >= 11 is 0. The van der Waals surface area contributed by atoms with E-state index in [-0.39, 0.29) is 50.4 Å². The van der Waals surface area contributed by atoms with Crippen molar-refractivity contribution in [3.8, 4) is 0 Å². The number of benzene rings is 4. The number of non-ortho nitro benzene ring substituents is 3. The first-order valence-corrected chi connectivity index (χ1v) is 11.1. The first-order valence-electron chi connectivity index (χ1n) is 11.1. The van der Waals surface area contributed by atoms with Gasteiger partial charge < -0.3 is 0 Å². The highest BCUT2D eigenvalue weighted by molar-refractivity contribution is 6.17. The van der Waals surface area contributed by atoms with Gasteiger partial charge in [0.25, 0.3) is 17.1 Å². The van der Waals surface area contributed by atoms with Gasteiger partial charge in [-0.3, -0.25) is 44.7 Å². The van der Waals surface area contributed by atoms with Crippen molar-refractivity contribution in [1.82, 2.24) is 0 Å². The Bertz CT molecular complexity index is 1500. The molecule has 0 saturated carbocycles. The molecule has 0 aliphatic rings. The van der Waals surface area contributed by atoms with Crippen LogP contribution in [0, 0.1) is 30.3 Å². The van der Waals surface area contributed by atoms with Crippen molar-refractivity contribution in [3.63, 3.8) is 0 Å². The summed E-state index contributed by atoms with van der Waals surface area (Å²) in [7, 11) is 0. The van der Waals surface area contributed by atoms with E-state index in [4.69, 9.17) is 0 Å². The normalized spacial score (nSPS) is 10.5. The number of rotatable bonds is 9. The standard InChI is InChI=1S/C27H15N3O9/c31-25(16-4-1-7-22(13-16)28(34)35)19-10-20(26(32)17-5-2-8-23(14-17)29(36)37)12-21(11-19)27(33)18-6-3-9-24(15-18)30(38)39/h1-15H. The number of hydrogen-bond donors (Lipinski definition) is 0. The van der Waals surface area contributed by atoms with Crippen LogP contribution in [0.25, 0.3) is 0 Å². The van der Waals surface area contributed by atoms with Crippen molar-refractivity contribution in [2.75, 3.05) is 0 Å². The SMILES string of the molecule is O=C(c1cc(C(=O)c2cccc([N+](=O)[O-])c2)cc(C(=O)c2cccc([N+](=O)[O-])c2)c1)c1cccc([N+](=O)[O-])c1. The quantitative estimate of drug-likeness (QED) is 0.163. The van der Waals surface area contributed by atoms with Gasteiger partial charge in [-0.15, -0.1) is 0 Å². The Hall–Kier alpha value is -5.91. The van der Waals surface area contributed by atoms with Crippen molar-refractivity contribution in [1.29, 1.82) is 0 Å². The van der Waals surface area contributed by atoms with E-state index in [2.05, 4.69) is 0 Å². The van der Waals surface area contributed by atoms with Gasteiger partial charge in [0.2, 0.25) is 0 Å². The third-order valence-electron chi connectivity index (χ3n) is 5.68. The van der Waals surface area contributed by atoms with Gasteiger partial charge in [0.05, 0.1) is 14.8 Å². The van der Waals surface area contributed by atoms with Crippen LogP contribution in [0.1, 0.15) is 47.8 Å². The Labute approximate surface area is 218 Å². The first kappa shape index (κ1) is 26.2. The molecule has 0 unspecified atom stereocenters. The van der Waals surface area contributed by atoms with E-state index in [9.17, 15) is 44.7 Å². The summed E-state index contributed by atoms with van der Waals surface area (Å²) in [4.78, 5) is 71.4. The van der Waals surface area contributed by atoms with Gasteiger partial charge in [-0.25, -0.2) is 0 Å². The lowest BCUT2D eigenvalue weighted by Gasteiger charge is -2.10. The molecule has 0 saturated heterocycles. The second-order valence-corrected chi connectivity index (χ2v) is 8.21. The summed E-state index contributed by atoms with van der Waals surface area (Å²) in [6, 6.07) is 18.1. The lowest BCUT2D eigenvalue weighted by molar-refractivity contribution is -0.385. The van der Waals surface area contributed by atoms with E-state index in [1.54, 1.807) is 0 Å². The summed E-state index contributed by atoms with van der Waals surface area (Å²) in [5.74, 6) is -2.21. The molecule has 12 nitrogen and oxygen atoms in total. The summed E-state index contributed by atoms with van der Waals surface area (Å²) < 4.78 is 0. The molecule has 12 heteroatoms. The molecule has 4 aromatic carbocycles. The van der Waals surface area contributed by atoms with Crippen LogP contribution in [-0.4, -0.2) is 32.1 Å². The number of nitro benzene ring substituents is 3. The molecule has 0 aromatic heterocycles. The third kappa shape index (κ3) is 5.59. The zero-order chi connectivity index (χ0) is 28.3. The predicted octanol–water partition coefficient (Wildman–Crippen LogP) is 5.10. The van der Waals surface area contributed by atoms with Gasteiger partial charge in [0, 0.05) is 69.8 Å². The second-order valence-electron chi connectivity index (χ2n) is 8.21. The molecule has 39 heavy (non-hydrogen) atoms. The Morgan fingerprint density at radius 2 is 0.667 bits per heavy atom. The summed E-state index contributed by atoms with van der Waals surface area (Å²) in [6.45, 7) is 0. The summed E-state index contributed by atoms with van der Waals surface area (Å²) in [5.41, 5.74) is -1.80. The molecule has 0 bridgehead atoms. The van der Waals surface area contributed by atoms with Crippen molar-refractivity contribution in [2.45, 2.75) is 0 Å². The highest BCUT2D eigenvalue weighted by atomic mass is 16.6. The topological polar surface area (TPSA) is 181 Å². The van der Waals surface area contributed by atoms with E-state index in [1.165, 1.54) is 72.8 Å². The molecule has 4 aromatic rings. The van der Waals surface area contributed by atoms with Gasteiger partial charge in [0.1, 0.15) is 0 Å². The number of carbonyl (C=O) groups is 3. The van der Waals surface area contributed by atoms with Crippen LogP contribution in [0.3, 0.4) is 0 Å². The number of nitro groups is 3. The summed E-state index contributed by atoms with van der Waals surface area (Å²) in [6.07, 6.45) is 0. The third-order valence-corrected chi connectivity index (χ3v) is 5.68. The Morgan fingerprint density at radius 1 is 0.410 bits per heavy atom. The first-order chi connectivity index (χ1) is 18.5. The molecule has 0 atom stereocenters. The largest absolute Gasteiger partial charge is 0.289 e. The van der Waals surface area contributed by atoms with Crippen LogP contribution < -0.4 is 0 Å². The van der Waals surface area contributed by atoms with Gasteiger partial charge >= 0.3 is 0 Å². The molecule has 192 valence electrons. The highest BCUT2D eigenvalue weighted by Crippen LogP contribution is 2.24. The van der Waals surface area contributed by atoms with Crippen molar-refractivity contribution in [2.24, 2.45) is 0 Å². The maximum absolute atomic E-state index is 13.3. The molecule has 0 fully saturated rings. The molecule has 0 radical (unpaired) electrons. The Morgan fingerprint density at radius 3 is 0.897 bits per heavy atom. The molecule has 4 rings (SSSR count). The van der Waals surface area contributed by atoms with Crippen molar-refractivity contribution >= 4 is 34.4 Å². The maximum Gasteiger partial charge on any atom is 0.270 e. The molecule has 0 N–H and O–H groups in total. The predicted molar refractivity (Wildman–Crippen MR) is 136 cm³/mol. The van der Waals surface area contributed by atoms with Gasteiger partial charge in [0.15, 0.2) is 17.3 Å². The average Bonchev–Trinajstić information content (AvgIpc) is 2.95.